The number of hydrogen-bond donors (Lipinski definition) is 1. The van der Waals surface area contributed by atoms with Gasteiger partial charge in [0.15, 0.2) is 5.13 Å². The van der Waals surface area contributed by atoms with E-state index in [1.54, 1.807) is 26.0 Å². The molecule has 0 saturated heterocycles. The lowest BCUT2D eigenvalue weighted by atomic mass is 10.1. The lowest BCUT2D eigenvalue weighted by Gasteiger charge is -2.25. The number of amides is 1. The minimum atomic E-state index is -3.55. The summed E-state index contributed by atoms with van der Waals surface area (Å²) < 4.78 is 26.7. The molecule has 2 aromatic carbocycles. The maximum atomic E-state index is 12.7. The van der Waals surface area contributed by atoms with Gasteiger partial charge in [-0.2, -0.15) is 4.31 Å². The number of sulfonamides is 1. The lowest BCUT2D eigenvalue weighted by molar-refractivity contribution is 0.102. The highest BCUT2D eigenvalue weighted by Gasteiger charge is 2.23. The summed E-state index contributed by atoms with van der Waals surface area (Å²) >= 11 is 1.50. The summed E-state index contributed by atoms with van der Waals surface area (Å²) in [5.41, 5.74) is 2.72. The second-order valence-corrected chi connectivity index (χ2v) is 10.9. The summed E-state index contributed by atoms with van der Waals surface area (Å²) in [4.78, 5) is 21.1. The fourth-order valence-electron chi connectivity index (χ4n) is 3.94. The van der Waals surface area contributed by atoms with Crippen molar-refractivity contribution in [3.63, 3.8) is 0 Å². The Bertz CT molecular complexity index is 1210. The summed E-state index contributed by atoms with van der Waals surface area (Å²) in [6.07, 6.45) is 0.854. The summed E-state index contributed by atoms with van der Waals surface area (Å²) in [7, 11) is -3.55. The molecule has 4 rings (SSSR count). The van der Waals surface area contributed by atoms with E-state index in [1.807, 2.05) is 6.07 Å². The van der Waals surface area contributed by atoms with Gasteiger partial charge in [0.25, 0.3) is 5.91 Å². The molecule has 0 radical (unpaired) electrons. The quantitative estimate of drug-likeness (QED) is 0.476. The van der Waals surface area contributed by atoms with Crippen LogP contribution in [0.4, 0.5) is 5.13 Å². The van der Waals surface area contributed by atoms with E-state index in [-0.39, 0.29) is 23.2 Å². The molecule has 0 atom stereocenters. The molecule has 0 aliphatic carbocycles. The molecule has 1 amide bonds. The van der Waals surface area contributed by atoms with Crippen molar-refractivity contribution in [3.8, 4) is 0 Å². The summed E-state index contributed by atoms with van der Waals surface area (Å²) in [5, 5.41) is 3.45. The molecule has 7 nitrogen and oxygen atoms in total. The number of halogens is 1. The zero-order valence-electron chi connectivity index (χ0n) is 19.2. The highest BCUT2D eigenvalue weighted by Crippen LogP contribution is 2.29. The van der Waals surface area contributed by atoms with Crippen LogP contribution in [0.15, 0.2) is 59.5 Å². The molecule has 34 heavy (non-hydrogen) atoms. The number of thiazole rings is 1. The standard InChI is InChI=1S/C24H28N4O3S2.ClH/c1-3-28(4-2)33(30,31)20-12-10-19(11-13-20)23(29)26-24-25-21-14-15-27(17-22(21)32-24)16-18-8-6-5-7-9-18;/h5-13H,3-4,14-17H2,1-2H3,(H,25,26,29);1H. The first-order valence-electron chi connectivity index (χ1n) is 11.1. The maximum absolute atomic E-state index is 12.7. The first-order chi connectivity index (χ1) is 15.9. The van der Waals surface area contributed by atoms with Gasteiger partial charge in [0.2, 0.25) is 10.0 Å². The van der Waals surface area contributed by atoms with Crippen molar-refractivity contribution in [2.24, 2.45) is 0 Å². The Balaban J connectivity index is 0.00000324. The molecule has 1 aliphatic rings. The molecule has 0 fully saturated rings. The SMILES string of the molecule is CCN(CC)S(=O)(=O)c1ccc(C(=O)Nc2nc3c(s2)CN(Cc2ccccc2)CC3)cc1.Cl. The molecule has 0 bridgehead atoms. The monoisotopic (exact) mass is 520 g/mol. The highest BCUT2D eigenvalue weighted by molar-refractivity contribution is 7.89. The van der Waals surface area contributed by atoms with Crippen LogP contribution < -0.4 is 5.32 Å². The molecule has 0 saturated carbocycles. The number of aromatic nitrogens is 1. The first kappa shape index (κ1) is 26.3. The summed E-state index contributed by atoms with van der Waals surface area (Å²) in [5.74, 6) is -0.297. The van der Waals surface area contributed by atoms with Crippen molar-refractivity contribution in [3.05, 3.63) is 76.3 Å². The Morgan fingerprint density at radius 2 is 1.76 bits per heavy atom. The van der Waals surface area contributed by atoms with Crippen molar-refractivity contribution in [2.75, 3.05) is 25.0 Å². The molecule has 0 unspecified atom stereocenters. The van der Waals surface area contributed by atoms with Crippen molar-refractivity contribution in [2.45, 2.75) is 38.3 Å². The Morgan fingerprint density at radius 3 is 2.41 bits per heavy atom. The number of benzene rings is 2. The molecule has 1 aromatic heterocycles. The highest BCUT2D eigenvalue weighted by atomic mass is 35.5. The smallest absolute Gasteiger partial charge is 0.257 e. The average molecular weight is 521 g/mol. The molecular weight excluding hydrogens is 492 g/mol. The minimum absolute atomic E-state index is 0. The number of carbonyl (C=O) groups is 1. The molecule has 182 valence electrons. The summed E-state index contributed by atoms with van der Waals surface area (Å²) in [6.45, 7) is 7.05. The van der Waals surface area contributed by atoms with Gasteiger partial charge < -0.3 is 0 Å². The molecule has 1 N–H and O–H groups in total. The molecule has 0 spiro atoms. The van der Waals surface area contributed by atoms with Gasteiger partial charge in [0.05, 0.1) is 10.6 Å². The summed E-state index contributed by atoms with van der Waals surface area (Å²) in [6, 6.07) is 16.4. The van der Waals surface area contributed by atoms with Gasteiger partial charge in [-0.15, -0.1) is 23.7 Å². The molecule has 2 heterocycles. The third kappa shape index (κ3) is 5.84. The van der Waals surface area contributed by atoms with Crippen LogP contribution in [0.25, 0.3) is 0 Å². The number of fused-ring (bicyclic) bond motifs is 1. The van der Waals surface area contributed by atoms with Crippen LogP contribution in [0.1, 0.15) is 40.3 Å². The van der Waals surface area contributed by atoms with E-state index in [0.717, 1.165) is 31.7 Å². The van der Waals surface area contributed by atoms with Gasteiger partial charge in [0, 0.05) is 49.6 Å². The van der Waals surface area contributed by atoms with E-state index < -0.39 is 10.0 Å². The minimum Gasteiger partial charge on any atom is -0.298 e. The van der Waals surface area contributed by atoms with E-state index in [4.69, 9.17) is 0 Å². The maximum Gasteiger partial charge on any atom is 0.257 e. The third-order valence-electron chi connectivity index (χ3n) is 5.74. The normalized spacial score (nSPS) is 13.9. The molecule has 3 aromatic rings. The fraction of sp³-hybridized carbons (Fsp3) is 0.333. The first-order valence-corrected chi connectivity index (χ1v) is 13.3. The Morgan fingerprint density at radius 1 is 1.09 bits per heavy atom. The average Bonchev–Trinajstić information content (AvgIpc) is 3.22. The van der Waals surface area contributed by atoms with Crippen LogP contribution in [0.2, 0.25) is 0 Å². The van der Waals surface area contributed by atoms with Gasteiger partial charge in [-0.1, -0.05) is 44.2 Å². The number of nitrogens with zero attached hydrogens (tertiary/aromatic N) is 3. The van der Waals surface area contributed by atoms with Crippen LogP contribution in [0.3, 0.4) is 0 Å². The van der Waals surface area contributed by atoms with Gasteiger partial charge in [-0.25, -0.2) is 13.4 Å². The van der Waals surface area contributed by atoms with E-state index >= 15 is 0 Å². The van der Waals surface area contributed by atoms with Gasteiger partial charge >= 0.3 is 0 Å². The predicted octanol–water partition coefficient (Wildman–Crippen LogP) is 4.41. The van der Waals surface area contributed by atoms with Crippen LogP contribution in [-0.4, -0.2) is 48.1 Å². The molecule has 10 heteroatoms. The van der Waals surface area contributed by atoms with Crippen LogP contribution >= 0.6 is 23.7 Å². The van der Waals surface area contributed by atoms with Gasteiger partial charge in [0.1, 0.15) is 0 Å². The fourth-order valence-corrected chi connectivity index (χ4v) is 6.44. The predicted molar refractivity (Wildman–Crippen MR) is 138 cm³/mol. The molecular formula is C24H29ClN4O3S2. The van der Waals surface area contributed by atoms with Crippen molar-refractivity contribution in [1.82, 2.24) is 14.2 Å². The number of nitrogens with one attached hydrogen (secondary N) is 1. The van der Waals surface area contributed by atoms with Crippen molar-refractivity contribution in [1.29, 1.82) is 0 Å². The Hall–Kier alpha value is -2.30. The second-order valence-electron chi connectivity index (χ2n) is 7.90. The number of rotatable bonds is 8. The number of hydrogen-bond acceptors (Lipinski definition) is 6. The molecule has 1 aliphatic heterocycles. The van der Waals surface area contributed by atoms with E-state index in [1.165, 1.54) is 38.2 Å². The van der Waals surface area contributed by atoms with Crippen LogP contribution in [0.5, 0.6) is 0 Å². The van der Waals surface area contributed by atoms with Crippen molar-refractivity contribution >= 4 is 44.8 Å². The number of anilines is 1. The Kier molecular flexibility index (Phi) is 8.83. The third-order valence-corrected chi connectivity index (χ3v) is 8.80. The topological polar surface area (TPSA) is 82.6 Å². The van der Waals surface area contributed by atoms with Crippen LogP contribution in [-0.2, 0) is 29.5 Å². The zero-order chi connectivity index (χ0) is 23.4. The lowest BCUT2D eigenvalue weighted by Crippen LogP contribution is -2.30. The Labute approximate surface area is 211 Å². The zero-order valence-corrected chi connectivity index (χ0v) is 21.7. The van der Waals surface area contributed by atoms with Crippen LogP contribution in [0, 0.1) is 0 Å². The largest absolute Gasteiger partial charge is 0.298 e. The van der Waals surface area contributed by atoms with Gasteiger partial charge in [-0.3, -0.25) is 15.0 Å². The van der Waals surface area contributed by atoms with Gasteiger partial charge in [-0.05, 0) is 29.8 Å². The van der Waals surface area contributed by atoms with E-state index in [2.05, 4.69) is 39.5 Å². The number of carbonyl (C=O) groups excluding carboxylic acids is 1. The second kappa shape index (κ2) is 11.4. The van der Waals surface area contributed by atoms with Crippen molar-refractivity contribution < 1.29 is 13.2 Å². The van der Waals surface area contributed by atoms with E-state index in [0.29, 0.717) is 23.8 Å². The van der Waals surface area contributed by atoms with E-state index in [9.17, 15) is 13.2 Å².